The van der Waals surface area contributed by atoms with Gasteiger partial charge in [-0.2, -0.15) is 0 Å². The van der Waals surface area contributed by atoms with Gasteiger partial charge in [0.2, 0.25) is 0 Å². The van der Waals surface area contributed by atoms with Gasteiger partial charge in [-0.05, 0) is 24.4 Å². The molecule has 2 atom stereocenters. The van der Waals surface area contributed by atoms with Gasteiger partial charge in [0.05, 0.1) is 12.7 Å². The molecule has 0 aliphatic carbocycles. The van der Waals surface area contributed by atoms with Crippen LogP contribution in [0.1, 0.15) is 25.8 Å². The molecule has 2 unspecified atom stereocenters. The summed E-state index contributed by atoms with van der Waals surface area (Å²) < 4.78 is 6.03. The molecular weight excluding hydrogens is 236 g/mol. The molecule has 0 saturated carbocycles. The van der Waals surface area contributed by atoms with Crippen molar-refractivity contribution in [3.05, 3.63) is 35.9 Å². The average Bonchev–Trinajstić information content (AvgIpc) is 2.40. The molecule has 19 heavy (non-hydrogen) atoms. The first-order chi connectivity index (χ1) is 9.15. The van der Waals surface area contributed by atoms with Crippen LogP contribution in [0, 0.1) is 5.92 Å². The Morgan fingerprint density at radius 3 is 2.74 bits per heavy atom. The van der Waals surface area contributed by atoms with Gasteiger partial charge in [-0.15, -0.1) is 0 Å². The van der Waals surface area contributed by atoms with Crippen LogP contribution in [-0.2, 0) is 11.3 Å². The summed E-state index contributed by atoms with van der Waals surface area (Å²) in [5.41, 5.74) is 7.40. The van der Waals surface area contributed by atoms with Gasteiger partial charge in [0, 0.05) is 19.1 Å². The van der Waals surface area contributed by atoms with Gasteiger partial charge < -0.3 is 15.4 Å². The first-order valence-electron chi connectivity index (χ1n) is 7.28. The summed E-state index contributed by atoms with van der Waals surface area (Å²) in [4.78, 5) is 2.48. The van der Waals surface area contributed by atoms with Crippen LogP contribution in [0.25, 0.3) is 0 Å². The minimum absolute atomic E-state index is 0.160. The van der Waals surface area contributed by atoms with Crippen LogP contribution in [0.2, 0.25) is 0 Å². The second-order valence-electron chi connectivity index (χ2n) is 5.94. The molecule has 0 radical (unpaired) electrons. The Labute approximate surface area is 116 Å². The van der Waals surface area contributed by atoms with E-state index in [1.165, 1.54) is 5.56 Å². The molecule has 1 aliphatic rings. The molecule has 0 spiro atoms. The van der Waals surface area contributed by atoms with E-state index >= 15 is 0 Å². The summed E-state index contributed by atoms with van der Waals surface area (Å²) in [5, 5.41) is 0. The van der Waals surface area contributed by atoms with Crippen molar-refractivity contribution >= 4 is 0 Å². The highest BCUT2D eigenvalue weighted by Gasteiger charge is 2.27. The van der Waals surface area contributed by atoms with Crippen molar-refractivity contribution in [3.63, 3.8) is 0 Å². The van der Waals surface area contributed by atoms with Crippen molar-refractivity contribution in [2.45, 2.75) is 39.0 Å². The molecule has 0 aromatic heterocycles. The standard InChI is InChI=1S/C16H26N2O/c1-13(2)10-18-9-8-15(17)16(11-18)19-12-14-6-4-3-5-7-14/h3-7,13,15-16H,8-12,17H2,1-2H3. The van der Waals surface area contributed by atoms with E-state index in [1.807, 2.05) is 18.2 Å². The molecule has 0 amide bonds. The molecule has 2 N–H and O–H groups in total. The molecular formula is C16H26N2O. The van der Waals surface area contributed by atoms with Crippen molar-refractivity contribution in [3.8, 4) is 0 Å². The molecule has 0 bridgehead atoms. The Hall–Kier alpha value is -0.900. The fraction of sp³-hybridized carbons (Fsp3) is 0.625. The van der Waals surface area contributed by atoms with E-state index in [9.17, 15) is 0 Å². The molecule has 1 aromatic carbocycles. The number of hydrogen-bond donors (Lipinski definition) is 1. The molecule has 3 nitrogen and oxygen atoms in total. The number of nitrogens with two attached hydrogens (primary N) is 1. The molecule has 1 aromatic rings. The van der Waals surface area contributed by atoms with Gasteiger partial charge in [-0.25, -0.2) is 0 Å². The molecule has 1 saturated heterocycles. The summed E-state index contributed by atoms with van der Waals surface area (Å²) in [6.45, 7) is 8.38. The van der Waals surface area contributed by atoms with Crippen molar-refractivity contribution in [2.75, 3.05) is 19.6 Å². The number of ether oxygens (including phenoxy) is 1. The van der Waals surface area contributed by atoms with E-state index in [0.29, 0.717) is 12.5 Å². The zero-order valence-electron chi connectivity index (χ0n) is 12.1. The van der Waals surface area contributed by atoms with E-state index < -0.39 is 0 Å². The normalized spacial score (nSPS) is 24.8. The van der Waals surface area contributed by atoms with E-state index in [1.54, 1.807) is 0 Å². The zero-order chi connectivity index (χ0) is 13.7. The predicted molar refractivity (Wildman–Crippen MR) is 78.9 cm³/mol. The average molecular weight is 262 g/mol. The lowest BCUT2D eigenvalue weighted by Crippen LogP contribution is -2.52. The third-order valence-corrected chi connectivity index (χ3v) is 3.62. The molecule has 106 valence electrons. The zero-order valence-corrected chi connectivity index (χ0v) is 12.1. The van der Waals surface area contributed by atoms with Gasteiger partial charge in [-0.3, -0.25) is 0 Å². The fourth-order valence-electron chi connectivity index (χ4n) is 2.63. The van der Waals surface area contributed by atoms with Crippen molar-refractivity contribution in [1.82, 2.24) is 4.90 Å². The Kier molecular flexibility index (Phi) is 5.37. The summed E-state index contributed by atoms with van der Waals surface area (Å²) in [6.07, 6.45) is 1.19. The lowest BCUT2D eigenvalue weighted by atomic mass is 10.0. The minimum atomic E-state index is 0.160. The van der Waals surface area contributed by atoms with Gasteiger partial charge in [-0.1, -0.05) is 44.2 Å². The number of likely N-dealkylation sites (tertiary alicyclic amines) is 1. The maximum atomic E-state index is 6.18. The van der Waals surface area contributed by atoms with Crippen LogP contribution >= 0.6 is 0 Å². The highest BCUT2D eigenvalue weighted by atomic mass is 16.5. The van der Waals surface area contributed by atoms with Crippen LogP contribution in [0.5, 0.6) is 0 Å². The van der Waals surface area contributed by atoms with Crippen LogP contribution in [0.3, 0.4) is 0 Å². The Morgan fingerprint density at radius 1 is 1.32 bits per heavy atom. The topological polar surface area (TPSA) is 38.5 Å². The third-order valence-electron chi connectivity index (χ3n) is 3.62. The lowest BCUT2D eigenvalue weighted by Gasteiger charge is -2.37. The number of piperidine rings is 1. The largest absolute Gasteiger partial charge is 0.371 e. The smallest absolute Gasteiger partial charge is 0.0857 e. The monoisotopic (exact) mass is 262 g/mol. The minimum Gasteiger partial charge on any atom is -0.371 e. The van der Waals surface area contributed by atoms with Crippen LogP contribution in [-0.4, -0.2) is 36.7 Å². The van der Waals surface area contributed by atoms with E-state index in [-0.39, 0.29) is 12.1 Å². The van der Waals surface area contributed by atoms with E-state index in [0.717, 1.165) is 26.1 Å². The number of nitrogens with zero attached hydrogens (tertiary/aromatic N) is 1. The SMILES string of the molecule is CC(C)CN1CCC(N)C(OCc2ccccc2)C1. The number of benzene rings is 1. The molecule has 3 heteroatoms. The maximum absolute atomic E-state index is 6.18. The maximum Gasteiger partial charge on any atom is 0.0857 e. The van der Waals surface area contributed by atoms with Crippen molar-refractivity contribution in [2.24, 2.45) is 11.7 Å². The van der Waals surface area contributed by atoms with Crippen molar-refractivity contribution in [1.29, 1.82) is 0 Å². The third kappa shape index (κ3) is 4.60. The summed E-state index contributed by atoms with van der Waals surface area (Å²) in [6, 6.07) is 10.5. The quantitative estimate of drug-likeness (QED) is 0.884. The van der Waals surface area contributed by atoms with Crippen molar-refractivity contribution < 1.29 is 4.74 Å². The molecule has 1 aliphatic heterocycles. The van der Waals surface area contributed by atoms with E-state index in [2.05, 4.69) is 30.9 Å². The molecule has 1 fully saturated rings. The van der Waals surface area contributed by atoms with Crippen LogP contribution in [0.4, 0.5) is 0 Å². The van der Waals surface area contributed by atoms with Crippen LogP contribution < -0.4 is 5.73 Å². The first kappa shape index (κ1) is 14.5. The first-order valence-corrected chi connectivity index (χ1v) is 7.28. The second-order valence-corrected chi connectivity index (χ2v) is 5.94. The summed E-state index contributed by atoms with van der Waals surface area (Å²) in [5.74, 6) is 0.698. The van der Waals surface area contributed by atoms with Gasteiger partial charge in [0.15, 0.2) is 0 Å². The summed E-state index contributed by atoms with van der Waals surface area (Å²) >= 11 is 0. The molecule has 1 heterocycles. The van der Waals surface area contributed by atoms with Crippen LogP contribution in [0.15, 0.2) is 30.3 Å². The second kappa shape index (κ2) is 7.04. The fourth-order valence-corrected chi connectivity index (χ4v) is 2.63. The van der Waals surface area contributed by atoms with E-state index in [4.69, 9.17) is 10.5 Å². The van der Waals surface area contributed by atoms with Gasteiger partial charge >= 0.3 is 0 Å². The predicted octanol–water partition coefficient (Wildman–Crippen LogP) is 2.26. The Balaban J connectivity index is 1.83. The highest BCUT2D eigenvalue weighted by Crippen LogP contribution is 2.15. The van der Waals surface area contributed by atoms with Gasteiger partial charge in [0.1, 0.15) is 0 Å². The molecule has 2 rings (SSSR count). The number of hydrogen-bond acceptors (Lipinski definition) is 3. The highest BCUT2D eigenvalue weighted by molar-refractivity contribution is 5.13. The Morgan fingerprint density at radius 2 is 2.05 bits per heavy atom. The Bertz CT molecular complexity index is 366. The van der Waals surface area contributed by atoms with Gasteiger partial charge in [0.25, 0.3) is 0 Å². The summed E-state index contributed by atoms with van der Waals surface area (Å²) in [7, 11) is 0. The number of rotatable bonds is 5. The lowest BCUT2D eigenvalue weighted by molar-refractivity contribution is -0.0245.